The van der Waals surface area contributed by atoms with Crippen LogP contribution in [0.1, 0.15) is 30.3 Å². The van der Waals surface area contributed by atoms with Crippen LogP contribution in [0, 0.1) is 0 Å². The third-order valence-corrected chi connectivity index (χ3v) is 4.74. The second-order valence-corrected chi connectivity index (χ2v) is 6.24. The molecule has 0 radical (unpaired) electrons. The lowest BCUT2D eigenvalue weighted by Gasteiger charge is -2.24. The van der Waals surface area contributed by atoms with Crippen molar-refractivity contribution < 1.29 is 4.74 Å². The minimum Gasteiger partial charge on any atom is -0.497 e. The minimum atomic E-state index is 0.395. The first-order chi connectivity index (χ1) is 12.3. The monoisotopic (exact) mass is 335 g/mol. The molecular formula is C19H21N5O. The Morgan fingerprint density at radius 1 is 1.08 bits per heavy atom. The van der Waals surface area contributed by atoms with Gasteiger partial charge < -0.3 is 4.74 Å². The summed E-state index contributed by atoms with van der Waals surface area (Å²) in [5.41, 5.74) is 2.31. The van der Waals surface area contributed by atoms with Gasteiger partial charge in [-0.25, -0.2) is 0 Å². The van der Waals surface area contributed by atoms with Crippen molar-refractivity contribution in [2.75, 3.05) is 13.7 Å². The highest BCUT2D eigenvalue weighted by Gasteiger charge is 2.27. The number of nitrogens with zero attached hydrogens (tertiary/aromatic N) is 5. The summed E-state index contributed by atoms with van der Waals surface area (Å²) >= 11 is 0. The van der Waals surface area contributed by atoms with Crippen LogP contribution >= 0.6 is 0 Å². The Kier molecular flexibility index (Phi) is 4.43. The van der Waals surface area contributed by atoms with E-state index in [2.05, 4.69) is 32.6 Å². The SMILES string of the molecule is COc1ccc([C@@H]2CCCN2Cc2nnnn2-c2ccccc2)cc1. The van der Waals surface area contributed by atoms with Gasteiger partial charge in [0.1, 0.15) is 5.75 Å². The lowest BCUT2D eigenvalue weighted by Crippen LogP contribution is -2.24. The predicted octanol–water partition coefficient (Wildman–Crippen LogP) is 3.01. The van der Waals surface area contributed by atoms with E-state index in [-0.39, 0.29) is 0 Å². The van der Waals surface area contributed by atoms with Gasteiger partial charge in [0, 0.05) is 6.04 Å². The van der Waals surface area contributed by atoms with Crippen molar-refractivity contribution in [3.05, 3.63) is 66.0 Å². The standard InChI is InChI=1S/C19H21N5O/c1-25-17-11-9-15(10-12-17)18-8-5-13-23(18)14-19-20-21-22-24(19)16-6-3-2-4-7-16/h2-4,6-7,9-12,18H,5,8,13-14H2,1H3/t18-/m0/s1. The molecule has 1 aliphatic heterocycles. The minimum absolute atomic E-state index is 0.395. The second-order valence-electron chi connectivity index (χ2n) is 6.24. The molecule has 0 saturated carbocycles. The summed E-state index contributed by atoms with van der Waals surface area (Å²) < 4.78 is 7.09. The molecule has 1 aromatic heterocycles. The zero-order chi connectivity index (χ0) is 17.1. The van der Waals surface area contributed by atoms with Crippen molar-refractivity contribution in [2.24, 2.45) is 0 Å². The van der Waals surface area contributed by atoms with Crippen LogP contribution in [0.25, 0.3) is 5.69 Å². The van der Waals surface area contributed by atoms with Gasteiger partial charge in [0.05, 0.1) is 19.3 Å². The normalized spacial score (nSPS) is 17.7. The summed E-state index contributed by atoms with van der Waals surface area (Å²) in [5, 5.41) is 12.3. The maximum absolute atomic E-state index is 5.27. The highest BCUT2D eigenvalue weighted by atomic mass is 16.5. The first-order valence-electron chi connectivity index (χ1n) is 8.56. The molecule has 0 unspecified atom stereocenters. The Hall–Kier alpha value is -2.73. The van der Waals surface area contributed by atoms with Crippen LogP contribution in [0.2, 0.25) is 0 Å². The molecule has 6 nitrogen and oxygen atoms in total. The third kappa shape index (κ3) is 3.25. The number of para-hydroxylation sites is 1. The average molecular weight is 335 g/mol. The van der Waals surface area contributed by atoms with Crippen molar-refractivity contribution in [1.82, 2.24) is 25.1 Å². The molecule has 0 N–H and O–H groups in total. The number of likely N-dealkylation sites (tertiary alicyclic amines) is 1. The topological polar surface area (TPSA) is 56.1 Å². The molecule has 4 rings (SSSR count). The van der Waals surface area contributed by atoms with E-state index in [9.17, 15) is 0 Å². The fraction of sp³-hybridized carbons (Fsp3) is 0.316. The molecule has 1 aliphatic rings. The Labute approximate surface area is 147 Å². The lowest BCUT2D eigenvalue weighted by atomic mass is 10.0. The van der Waals surface area contributed by atoms with E-state index in [0.717, 1.165) is 36.8 Å². The molecule has 6 heteroatoms. The molecule has 1 fully saturated rings. The van der Waals surface area contributed by atoms with Crippen molar-refractivity contribution in [3.8, 4) is 11.4 Å². The molecule has 0 spiro atoms. The Morgan fingerprint density at radius 2 is 1.88 bits per heavy atom. The Morgan fingerprint density at radius 3 is 2.64 bits per heavy atom. The van der Waals surface area contributed by atoms with Crippen LogP contribution in [-0.2, 0) is 6.54 Å². The van der Waals surface area contributed by atoms with Gasteiger partial charge in [0.2, 0.25) is 0 Å². The van der Waals surface area contributed by atoms with Gasteiger partial charge in [-0.15, -0.1) is 5.10 Å². The first kappa shape index (κ1) is 15.8. The van der Waals surface area contributed by atoms with Crippen molar-refractivity contribution in [2.45, 2.75) is 25.4 Å². The number of hydrogen-bond acceptors (Lipinski definition) is 5. The molecule has 0 aliphatic carbocycles. The largest absolute Gasteiger partial charge is 0.497 e. The number of rotatable bonds is 5. The van der Waals surface area contributed by atoms with Crippen molar-refractivity contribution in [1.29, 1.82) is 0 Å². The fourth-order valence-electron chi connectivity index (χ4n) is 3.47. The Bertz CT molecular complexity index is 815. The van der Waals surface area contributed by atoms with Gasteiger partial charge in [-0.2, -0.15) is 4.68 Å². The summed E-state index contributed by atoms with van der Waals surface area (Å²) in [7, 11) is 1.69. The van der Waals surface area contributed by atoms with E-state index in [1.54, 1.807) is 7.11 Å². The quantitative estimate of drug-likeness (QED) is 0.717. The Balaban J connectivity index is 1.55. The van der Waals surface area contributed by atoms with Gasteiger partial charge in [-0.05, 0) is 59.6 Å². The number of benzene rings is 2. The van der Waals surface area contributed by atoms with Crippen LogP contribution in [-0.4, -0.2) is 38.8 Å². The van der Waals surface area contributed by atoms with Crippen LogP contribution < -0.4 is 4.74 Å². The molecule has 1 saturated heterocycles. The number of methoxy groups -OCH3 is 1. The predicted molar refractivity (Wildman–Crippen MR) is 94.5 cm³/mol. The number of tetrazole rings is 1. The molecule has 128 valence electrons. The molecule has 2 heterocycles. The maximum atomic E-state index is 5.27. The fourth-order valence-corrected chi connectivity index (χ4v) is 3.47. The van der Waals surface area contributed by atoms with Crippen molar-refractivity contribution in [3.63, 3.8) is 0 Å². The summed E-state index contributed by atoms with van der Waals surface area (Å²) in [6.45, 7) is 1.79. The first-order valence-corrected chi connectivity index (χ1v) is 8.56. The van der Waals surface area contributed by atoms with Crippen LogP contribution in [0.5, 0.6) is 5.75 Å². The molecule has 0 bridgehead atoms. The third-order valence-electron chi connectivity index (χ3n) is 4.74. The number of ether oxygens (including phenoxy) is 1. The summed E-state index contributed by atoms with van der Waals surface area (Å²) in [5.74, 6) is 1.76. The zero-order valence-electron chi connectivity index (χ0n) is 14.2. The molecule has 0 amide bonds. The van der Waals surface area contributed by atoms with E-state index in [1.165, 1.54) is 12.0 Å². The molecular weight excluding hydrogens is 314 g/mol. The second kappa shape index (κ2) is 7.03. The molecule has 2 aromatic carbocycles. The van der Waals surface area contributed by atoms with Gasteiger partial charge >= 0.3 is 0 Å². The van der Waals surface area contributed by atoms with E-state index in [0.29, 0.717) is 6.04 Å². The molecule has 3 aromatic rings. The van der Waals surface area contributed by atoms with Crippen LogP contribution in [0.4, 0.5) is 0 Å². The summed E-state index contributed by atoms with van der Waals surface area (Å²) in [4.78, 5) is 2.45. The number of hydrogen-bond donors (Lipinski definition) is 0. The van der Waals surface area contributed by atoms with Crippen LogP contribution in [0.15, 0.2) is 54.6 Å². The maximum Gasteiger partial charge on any atom is 0.170 e. The van der Waals surface area contributed by atoms with Crippen molar-refractivity contribution >= 4 is 0 Å². The van der Waals surface area contributed by atoms with E-state index in [1.807, 2.05) is 47.1 Å². The lowest BCUT2D eigenvalue weighted by molar-refractivity contribution is 0.240. The molecule has 1 atom stereocenters. The number of aromatic nitrogens is 4. The van der Waals surface area contributed by atoms with Gasteiger partial charge in [0.15, 0.2) is 5.82 Å². The highest BCUT2D eigenvalue weighted by molar-refractivity contribution is 5.31. The average Bonchev–Trinajstić information content (AvgIpc) is 3.32. The van der Waals surface area contributed by atoms with Gasteiger partial charge in [-0.3, -0.25) is 4.90 Å². The summed E-state index contributed by atoms with van der Waals surface area (Å²) in [6, 6.07) is 18.8. The molecule has 25 heavy (non-hydrogen) atoms. The van der Waals surface area contributed by atoms with E-state index in [4.69, 9.17) is 4.74 Å². The zero-order valence-corrected chi connectivity index (χ0v) is 14.2. The smallest absolute Gasteiger partial charge is 0.170 e. The highest BCUT2D eigenvalue weighted by Crippen LogP contribution is 2.33. The summed E-state index contributed by atoms with van der Waals surface area (Å²) in [6.07, 6.45) is 2.34. The van der Waals surface area contributed by atoms with Gasteiger partial charge in [-0.1, -0.05) is 30.3 Å². The van der Waals surface area contributed by atoms with E-state index < -0.39 is 0 Å². The van der Waals surface area contributed by atoms with Crippen LogP contribution in [0.3, 0.4) is 0 Å². The van der Waals surface area contributed by atoms with E-state index >= 15 is 0 Å². The van der Waals surface area contributed by atoms with Gasteiger partial charge in [0.25, 0.3) is 0 Å².